The predicted octanol–water partition coefficient (Wildman–Crippen LogP) is 1.66. The lowest BCUT2D eigenvalue weighted by Crippen LogP contribution is -2.23. The van der Waals surface area contributed by atoms with Gasteiger partial charge in [-0.25, -0.2) is 4.79 Å². The molecule has 2 rings (SSSR count). The molecule has 1 aliphatic rings. The zero-order chi connectivity index (χ0) is 12.3. The van der Waals surface area contributed by atoms with E-state index in [9.17, 15) is 4.79 Å². The summed E-state index contributed by atoms with van der Waals surface area (Å²) in [5.41, 5.74) is 1.06. The third-order valence-electron chi connectivity index (χ3n) is 2.42. The van der Waals surface area contributed by atoms with Crippen LogP contribution in [0.5, 0.6) is 11.5 Å². The van der Waals surface area contributed by atoms with Crippen LogP contribution in [0, 0.1) is 0 Å². The molecule has 92 valence electrons. The molecule has 0 aromatic heterocycles. The number of hydrogen-bond acceptors (Lipinski definition) is 4. The van der Waals surface area contributed by atoms with Crippen LogP contribution < -0.4 is 9.47 Å². The highest BCUT2D eigenvalue weighted by Crippen LogP contribution is 2.32. The molecule has 1 aromatic rings. The molecule has 0 bridgehead atoms. The summed E-state index contributed by atoms with van der Waals surface area (Å²) < 4.78 is 15.5. The Balaban J connectivity index is 1.85. The van der Waals surface area contributed by atoms with Crippen molar-refractivity contribution in [3.63, 3.8) is 0 Å². The van der Waals surface area contributed by atoms with Gasteiger partial charge in [0.25, 0.3) is 0 Å². The van der Waals surface area contributed by atoms with Crippen LogP contribution in [-0.4, -0.2) is 38.5 Å². The first-order valence-corrected chi connectivity index (χ1v) is 5.39. The van der Waals surface area contributed by atoms with Crippen LogP contribution in [0.1, 0.15) is 5.56 Å². The van der Waals surface area contributed by atoms with Gasteiger partial charge in [0.1, 0.15) is 0 Å². The van der Waals surface area contributed by atoms with Gasteiger partial charge in [0, 0.05) is 20.5 Å². The smallest absolute Gasteiger partial charge is 0.409 e. The van der Waals surface area contributed by atoms with E-state index in [1.807, 2.05) is 18.2 Å². The third kappa shape index (κ3) is 2.81. The van der Waals surface area contributed by atoms with Crippen LogP contribution in [0.3, 0.4) is 0 Å². The first-order valence-electron chi connectivity index (χ1n) is 5.39. The van der Waals surface area contributed by atoms with E-state index in [0.717, 1.165) is 17.1 Å². The molecule has 1 aliphatic heterocycles. The summed E-state index contributed by atoms with van der Waals surface area (Å²) in [6.07, 6.45) is 0.335. The van der Waals surface area contributed by atoms with Crippen molar-refractivity contribution in [2.45, 2.75) is 6.42 Å². The molecule has 0 aliphatic carbocycles. The summed E-state index contributed by atoms with van der Waals surface area (Å²) in [4.78, 5) is 12.6. The second-order valence-electron chi connectivity index (χ2n) is 3.95. The van der Waals surface area contributed by atoms with Crippen molar-refractivity contribution in [2.75, 3.05) is 27.5 Å². The summed E-state index contributed by atoms with van der Waals surface area (Å²) in [7, 11) is 3.31. The van der Waals surface area contributed by atoms with Crippen molar-refractivity contribution < 1.29 is 19.0 Å². The van der Waals surface area contributed by atoms with Gasteiger partial charge in [-0.3, -0.25) is 0 Å². The van der Waals surface area contributed by atoms with Crippen LogP contribution in [0.25, 0.3) is 0 Å². The Morgan fingerprint density at radius 1 is 1.35 bits per heavy atom. The zero-order valence-electron chi connectivity index (χ0n) is 9.93. The van der Waals surface area contributed by atoms with E-state index in [4.69, 9.17) is 14.2 Å². The van der Waals surface area contributed by atoms with Crippen molar-refractivity contribution in [3.05, 3.63) is 23.8 Å². The fourth-order valence-corrected chi connectivity index (χ4v) is 1.48. The molecule has 1 aromatic carbocycles. The van der Waals surface area contributed by atoms with E-state index in [1.54, 1.807) is 14.1 Å². The fourth-order valence-electron chi connectivity index (χ4n) is 1.48. The van der Waals surface area contributed by atoms with Crippen molar-refractivity contribution in [1.29, 1.82) is 0 Å². The molecule has 1 amide bonds. The molecule has 0 fully saturated rings. The Labute approximate surface area is 99.9 Å². The number of carbonyl (C=O) groups is 1. The lowest BCUT2D eigenvalue weighted by Gasteiger charge is -2.10. The summed E-state index contributed by atoms with van der Waals surface area (Å²) in [6.45, 7) is 0.630. The first-order chi connectivity index (χ1) is 8.16. The SMILES string of the molecule is CN(C)C(=O)OCCc1ccc2c(c1)OCO2. The lowest BCUT2D eigenvalue weighted by atomic mass is 10.1. The fraction of sp³-hybridized carbons (Fsp3) is 0.417. The van der Waals surface area contributed by atoms with E-state index >= 15 is 0 Å². The van der Waals surface area contributed by atoms with E-state index < -0.39 is 0 Å². The molecule has 0 N–H and O–H groups in total. The van der Waals surface area contributed by atoms with Gasteiger partial charge < -0.3 is 19.1 Å². The standard InChI is InChI=1S/C12H15NO4/c1-13(2)12(14)15-6-5-9-3-4-10-11(7-9)17-8-16-10/h3-4,7H,5-6,8H2,1-2H3. The average Bonchev–Trinajstić information content (AvgIpc) is 2.75. The Bertz CT molecular complexity index is 417. The largest absolute Gasteiger partial charge is 0.454 e. The van der Waals surface area contributed by atoms with Crippen LogP contribution in [-0.2, 0) is 11.2 Å². The van der Waals surface area contributed by atoms with E-state index in [-0.39, 0.29) is 12.9 Å². The number of nitrogens with zero attached hydrogens (tertiary/aromatic N) is 1. The van der Waals surface area contributed by atoms with E-state index in [2.05, 4.69) is 0 Å². The van der Waals surface area contributed by atoms with Gasteiger partial charge in [-0.1, -0.05) is 6.07 Å². The Kier molecular flexibility index (Phi) is 3.37. The number of amides is 1. The van der Waals surface area contributed by atoms with Crippen LogP contribution >= 0.6 is 0 Å². The van der Waals surface area contributed by atoms with Gasteiger partial charge >= 0.3 is 6.09 Å². The van der Waals surface area contributed by atoms with Gasteiger partial charge in [-0.05, 0) is 17.7 Å². The van der Waals surface area contributed by atoms with Gasteiger partial charge in [-0.15, -0.1) is 0 Å². The Morgan fingerprint density at radius 3 is 2.88 bits per heavy atom. The molecule has 0 saturated heterocycles. The summed E-state index contributed by atoms with van der Waals surface area (Å²) in [5, 5.41) is 0. The highest BCUT2D eigenvalue weighted by molar-refractivity contribution is 5.66. The van der Waals surface area contributed by atoms with Gasteiger partial charge in [0.15, 0.2) is 11.5 Å². The van der Waals surface area contributed by atoms with Crippen molar-refractivity contribution >= 4 is 6.09 Å². The number of benzene rings is 1. The molecule has 0 saturated carbocycles. The quantitative estimate of drug-likeness (QED) is 0.802. The maximum absolute atomic E-state index is 11.2. The van der Waals surface area contributed by atoms with Gasteiger partial charge in [0.05, 0.1) is 6.61 Å². The second-order valence-corrected chi connectivity index (χ2v) is 3.95. The second kappa shape index (κ2) is 4.95. The minimum Gasteiger partial charge on any atom is -0.454 e. The highest BCUT2D eigenvalue weighted by atomic mass is 16.7. The van der Waals surface area contributed by atoms with E-state index in [0.29, 0.717) is 13.0 Å². The number of carbonyl (C=O) groups excluding carboxylic acids is 1. The Morgan fingerprint density at radius 2 is 2.12 bits per heavy atom. The minimum atomic E-state index is -0.328. The molecule has 1 heterocycles. The maximum atomic E-state index is 11.2. The summed E-state index contributed by atoms with van der Waals surface area (Å²) >= 11 is 0. The average molecular weight is 237 g/mol. The zero-order valence-corrected chi connectivity index (χ0v) is 9.93. The first kappa shape index (κ1) is 11.6. The summed E-state index contributed by atoms with van der Waals surface area (Å²) in [6, 6.07) is 5.72. The number of rotatable bonds is 3. The van der Waals surface area contributed by atoms with Crippen molar-refractivity contribution in [2.24, 2.45) is 0 Å². The van der Waals surface area contributed by atoms with Gasteiger partial charge in [-0.2, -0.15) is 0 Å². The van der Waals surface area contributed by atoms with E-state index in [1.165, 1.54) is 4.90 Å². The lowest BCUT2D eigenvalue weighted by molar-refractivity contribution is 0.119. The molecule has 0 radical (unpaired) electrons. The maximum Gasteiger partial charge on any atom is 0.409 e. The highest BCUT2D eigenvalue weighted by Gasteiger charge is 2.13. The molecule has 0 spiro atoms. The molecule has 5 heteroatoms. The molecule has 5 nitrogen and oxygen atoms in total. The Hall–Kier alpha value is -1.91. The number of fused-ring (bicyclic) bond motifs is 1. The van der Waals surface area contributed by atoms with Crippen LogP contribution in [0.15, 0.2) is 18.2 Å². The van der Waals surface area contributed by atoms with Crippen molar-refractivity contribution in [3.8, 4) is 11.5 Å². The topological polar surface area (TPSA) is 48.0 Å². The number of ether oxygens (including phenoxy) is 3. The molecular weight excluding hydrogens is 222 g/mol. The molecule has 0 unspecified atom stereocenters. The normalized spacial score (nSPS) is 12.4. The molecular formula is C12H15NO4. The van der Waals surface area contributed by atoms with Crippen LogP contribution in [0.4, 0.5) is 4.79 Å². The molecule has 17 heavy (non-hydrogen) atoms. The van der Waals surface area contributed by atoms with Crippen molar-refractivity contribution in [1.82, 2.24) is 4.90 Å². The summed E-state index contributed by atoms with van der Waals surface area (Å²) in [5.74, 6) is 1.51. The third-order valence-corrected chi connectivity index (χ3v) is 2.42. The monoisotopic (exact) mass is 237 g/mol. The van der Waals surface area contributed by atoms with Gasteiger partial charge in [0.2, 0.25) is 6.79 Å². The van der Waals surface area contributed by atoms with Crippen LogP contribution in [0.2, 0.25) is 0 Å². The minimum absolute atomic E-state index is 0.272. The number of hydrogen-bond donors (Lipinski definition) is 0. The molecule has 0 atom stereocenters. The predicted molar refractivity (Wildman–Crippen MR) is 61.3 cm³/mol.